The first kappa shape index (κ1) is 16.4. The van der Waals surface area contributed by atoms with Crippen LogP contribution in [0, 0.1) is 5.92 Å². The third-order valence-corrected chi connectivity index (χ3v) is 3.88. The number of ether oxygens (including phenoxy) is 1. The van der Waals surface area contributed by atoms with E-state index in [1.54, 1.807) is 0 Å². The van der Waals surface area contributed by atoms with Crippen LogP contribution in [0.25, 0.3) is 0 Å². The van der Waals surface area contributed by atoms with Crippen LogP contribution in [0.3, 0.4) is 0 Å². The number of benzene rings is 2. The van der Waals surface area contributed by atoms with Gasteiger partial charge in [0.2, 0.25) is 0 Å². The maximum absolute atomic E-state index is 12.1. The molecule has 0 fully saturated rings. The fourth-order valence-electron chi connectivity index (χ4n) is 2.36. The monoisotopic (exact) mass is 296 g/mol. The first-order valence-corrected chi connectivity index (χ1v) is 7.91. The smallest absolute Gasteiger partial charge is 0.161 e. The number of hydrogen-bond acceptors (Lipinski definition) is 2. The standard InChI is InChI=1S/C20H24O2/c1-3-17-9-11-19(12-10-17)14-22-15-20(21)16(2)13-18-7-5-4-6-8-18/h4-12,16H,3,13-15H2,1-2H3/t16-/m1/s1. The van der Waals surface area contributed by atoms with Crippen molar-refractivity contribution in [1.82, 2.24) is 0 Å². The molecule has 0 bridgehead atoms. The van der Waals surface area contributed by atoms with Crippen LogP contribution in [-0.2, 0) is 29.0 Å². The molecule has 0 heterocycles. The van der Waals surface area contributed by atoms with Crippen LogP contribution in [-0.4, -0.2) is 12.4 Å². The number of ketones is 1. The fourth-order valence-corrected chi connectivity index (χ4v) is 2.36. The molecule has 0 aliphatic heterocycles. The Morgan fingerprint density at radius 3 is 2.23 bits per heavy atom. The van der Waals surface area contributed by atoms with Crippen LogP contribution < -0.4 is 0 Å². The number of Topliss-reactive ketones (excluding diaryl/α,β-unsaturated/α-hetero) is 1. The average molecular weight is 296 g/mol. The summed E-state index contributed by atoms with van der Waals surface area (Å²) >= 11 is 0. The molecular formula is C20H24O2. The van der Waals surface area contributed by atoms with Crippen molar-refractivity contribution in [2.24, 2.45) is 5.92 Å². The molecule has 0 unspecified atom stereocenters. The highest BCUT2D eigenvalue weighted by Gasteiger charge is 2.13. The Bertz CT molecular complexity index is 572. The van der Waals surface area contributed by atoms with E-state index in [-0.39, 0.29) is 18.3 Å². The minimum absolute atomic E-state index is 0.00938. The second-order valence-corrected chi connectivity index (χ2v) is 5.72. The van der Waals surface area contributed by atoms with Gasteiger partial charge >= 0.3 is 0 Å². The summed E-state index contributed by atoms with van der Waals surface area (Å²) in [6.45, 7) is 4.78. The van der Waals surface area contributed by atoms with E-state index in [1.165, 1.54) is 11.1 Å². The van der Waals surface area contributed by atoms with Gasteiger partial charge in [0.05, 0.1) is 6.61 Å². The Labute approximate surface area is 133 Å². The molecule has 0 radical (unpaired) electrons. The highest BCUT2D eigenvalue weighted by Crippen LogP contribution is 2.10. The first-order chi connectivity index (χ1) is 10.7. The van der Waals surface area contributed by atoms with Crippen molar-refractivity contribution in [2.75, 3.05) is 6.61 Å². The van der Waals surface area contributed by atoms with Crippen molar-refractivity contribution < 1.29 is 9.53 Å². The molecule has 22 heavy (non-hydrogen) atoms. The van der Waals surface area contributed by atoms with Crippen LogP contribution in [0.1, 0.15) is 30.5 Å². The minimum atomic E-state index is -0.00938. The number of carbonyl (C=O) groups is 1. The Morgan fingerprint density at radius 1 is 0.955 bits per heavy atom. The summed E-state index contributed by atoms with van der Waals surface area (Å²) < 4.78 is 5.56. The maximum Gasteiger partial charge on any atom is 0.161 e. The molecule has 1 atom stereocenters. The van der Waals surface area contributed by atoms with Crippen molar-refractivity contribution in [3.63, 3.8) is 0 Å². The number of hydrogen-bond donors (Lipinski definition) is 0. The molecule has 2 aromatic rings. The van der Waals surface area contributed by atoms with E-state index in [0.29, 0.717) is 6.61 Å². The summed E-state index contributed by atoms with van der Waals surface area (Å²) in [5, 5.41) is 0. The number of carbonyl (C=O) groups excluding carboxylic acids is 1. The molecule has 0 aliphatic carbocycles. The van der Waals surface area contributed by atoms with Crippen LogP contribution in [0.15, 0.2) is 54.6 Å². The van der Waals surface area contributed by atoms with Crippen LogP contribution in [0.4, 0.5) is 0 Å². The van der Waals surface area contributed by atoms with Crippen molar-refractivity contribution in [3.8, 4) is 0 Å². The second-order valence-electron chi connectivity index (χ2n) is 5.72. The van der Waals surface area contributed by atoms with E-state index in [9.17, 15) is 4.79 Å². The van der Waals surface area contributed by atoms with E-state index in [2.05, 4.69) is 43.3 Å². The molecule has 2 nitrogen and oxygen atoms in total. The summed E-state index contributed by atoms with van der Waals surface area (Å²) in [6.07, 6.45) is 1.81. The SMILES string of the molecule is CCc1ccc(COCC(=O)[C@H](C)Cc2ccccc2)cc1. The van der Waals surface area contributed by atoms with Gasteiger partial charge in [0.15, 0.2) is 5.78 Å². The van der Waals surface area contributed by atoms with E-state index < -0.39 is 0 Å². The Kier molecular flexibility index (Phi) is 6.35. The molecule has 0 amide bonds. The topological polar surface area (TPSA) is 26.3 Å². The molecule has 0 spiro atoms. The molecule has 2 rings (SSSR count). The molecule has 2 aromatic carbocycles. The normalized spacial score (nSPS) is 12.1. The predicted octanol–water partition coefficient (Wildman–Crippen LogP) is 4.21. The number of aryl methyl sites for hydroxylation is 1. The van der Waals surface area contributed by atoms with Crippen LogP contribution in [0.2, 0.25) is 0 Å². The first-order valence-electron chi connectivity index (χ1n) is 7.91. The van der Waals surface area contributed by atoms with E-state index in [4.69, 9.17) is 4.74 Å². The molecule has 116 valence electrons. The molecule has 2 heteroatoms. The lowest BCUT2D eigenvalue weighted by Gasteiger charge is -2.11. The molecule has 0 N–H and O–H groups in total. The summed E-state index contributed by atoms with van der Waals surface area (Å²) in [6, 6.07) is 18.5. The Balaban J connectivity index is 1.74. The zero-order valence-corrected chi connectivity index (χ0v) is 13.4. The van der Waals surface area contributed by atoms with Gasteiger partial charge in [-0.25, -0.2) is 0 Å². The van der Waals surface area contributed by atoms with Gasteiger partial charge in [-0.05, 0) is 29.5 Å². The van der Waals surface area contributed by atoms with Gasteiger partial charge in [-0.2, -0.15) is 0 Å². The second kappa shape index (κ2) is 8.50. The van der Waals surface area contributed by atoms with E-state index >= 15 is 0 Å². The molecule has 0 saturated carbocycles. The van der Waals surface area contributed by atoms with E-state index in [0.717, 1.165) is 18.4 Å². The third-order valence-electron chi connectivity index (χ3n) is 3.88. The quantitative estimate of drug-likeness (QED) is 0.729. The van der Waals surface area contributed by atoms with Gasteiger partial charge in [0, 0.05) is 5.92 Å². The molecule has 0 aromatic heterocycles. The van der Waals surface area contributed by atoms with Gasteiger partial charge < -0.3 is 4.74 Å². The summed E-state index contributed by atoms with van der Waals surface area (Å²) in [5.41, 5.74) is 3.62. The van der Waals surface area contributed by atoms with Gasteiger partial charge in [-0.1, -0.05) is 68.4 Å². The largest absolute Gasteiger partial charge is 0.369 e. The maximum atomic E-state index is 12.1. The van der Waals surface area contributed by atoms with Crippen LogP contribution >= 0.6 is 0 Å². The lowest BCUT2D eigenvalue weighted by atomic mass is 9.97. The Hall–Kier alpha value is -1.93. The van der Waals surface area contributed by atoms with Crippen molar-refractivity contribution in [1.29, 1.82) is 0 Å². The fraction of sp³-hybridized carbons (Fsp3) is 0.350. The van der Waals surface area contributed by atoms with Crippen LogP contribution in [0.5, 0.6) is 0 Å². The third kappa shape index (κ3) is 5.12. The zero-order valence-electron chi connectivity index (χ0n) is 13.4. The zero-order chi connectivity index (χ0) is 15.8. The molecule has 0 saturated heterocycles. The van der Waals surface area contributed by atoms with Gasteiger partial charge in [-0.3, -0.25) is 4.79 Å². The highest BCUT2D eigenvalue weighted by molar-refractivity contribution is 5.82. The van der Waals surface area contributed by atoms with Crippen molar-refractivity contribution >= 4 is 5.78 Å². The average Bonchev–Trinajstić information content (AvgIpc) is 2.56. The van der Waals surface area contributed by atoms with Gasteiger partial charge in [0.1, 0.15) is 6.61 Å². The summed E-state index contributed by atoms with van der Waals surface area (Å²) in [4.78, 5) is 12.1. The van der Waals surface area contributed by atoms with E-state index in [1.807, 2.05) is 25.1 Å². The lowest BCUT2D eigenvalue weighted by molar-refractivity contribution is -0.127. The number of rotatable bonds is 8. The summed E-state index contributed by atoms with van der Waals surface area (Å²) in [7, 11) is 0. The van der Waals surface area contributed by atoms with Gasteiger partial charge in [0.25, 0.3) is 0 Å². The highest BCUT2D eigenvalue weighted by atomic mass is 16.5. The Morgan fingerprint density at radius 2 is 1.59 bits per heavy atom. The van der Waals surface area contributed by atoms with Gasteiger partial charge in [-0.15, -0.1) is 0 Å². The molecule has 0 aliphatic rings. The lowest BCUT2D eigenvalue weighted by Crippen LogP contribution is -2.19. The van der Waals surface area contributed by atoms with Crippen molar-refractivity contribution in [2.45, 2.75) is 33.3 Å². The molecular weight excluding hydrogens is 272 g/mol. The van der Waals surface area contributed by atoms with Crippen molar-refractivity contribution in [3.05, 3.63) is 71.3 Å². The minimum Gasteiger partial charge on any atom is -0.369 e. The predicted molar refractivity (Wildman–Crippen MR) is 89.8 cm³/mol. The summed E-state index contributed by atoms with van der Waals surface area (Å²) in [5.74, 6) is 0.152.